The van der Waals surface area contributed by atoms with Crippen LogP contribution in [0.3, 0.4) is 0 Å². The number of phenolic OH excluding ortho intramolecular Hbond substituents is 1. The van der Waals surface area contributed by atoms with E-state index in [0.29, 0.717) is 18.7 Å². The lowest BCUT2D eigenvalue weighted by molar-refractivity contribution is -0.135. The molecule has 7 heteroatoms. The number of benzene rings is 1. The van der Waals surface area contributed by atoms with Crippen LogP contribution < -0.4 is 0 Å². The number of likely N-dealkylation sites (N-methyl/N-ethyl adjacent to an activating group) is 1. The Hall–Kier alpha value is -1.73. The fourth-order valence-corrected chi connectivity index (χ4v) is 4.61. The Kier molecular flexibility index (Phi) is 4.73. The van der Waals surface area contributed by atoms with Crippen LogP contribution in [0.15, 0.2) is 24.3 Å². The van der Waals surface area contributed by atoms with Crippen molar-refractivity contribution in [2.45, 2.75) is 17.3 Å². The molecule has 2 saturated heterocycles. The normalized spacial score (nSPS) is 21.6. The number of amides is 2. The van der Waals surface area contributed by atoms with Crippen LogP contribution in [0.25, 0.3) is 0 Å². The van der Waals surface area contributed by atoms with Gasteiger partial charge in [-0.1, -0.05) is 6.07 Å². The average molecular weight is 350 g/mol. The molecule has 3 rings (SSSR count). The molecular weight excluding hydrogens is 328 g/mol. The van der Waals surface area contributed by atoms with Crippen LogP contribution in [0.1, 0.15) is 16.8 Å². The van der Waals surface area contributed by atoms with E-state index in [-0.39, 0.29) is 35.0 Å². The number of likely N-dealkylation sites (tertiary alicyclic amines) is 1. The molecule has 2 heterocycles. The van der Waals surface area contributed by atoms with Crippen LogP contribution in [-0.4, -0.2) is 77.1 Å². The Morgan fingerprint density at radius 1 is 1.42 bits per heavy atom. The number of rotatable bonds is 4. The summed E-state index contributed by atoms with van der Waals surface area (Å²) in [4.78, 5) is 27.3. The zero-order valence-corrected chi connectivity index (χ0v) is 14.7. The molecule has 0 radical (unpaired) electrons. The lowest BCUT2D eigenvalue weighted by Gasteiger charge is -2.47. The topological polar surface area (TPSA) is 70.1 Å². The number of hydrogen-bond donors (Lipinski definition) is 1. The standard InChI is InChI=1S/C17H22N2O4S/c1-18(2)15(21)8-23-14-7-17(24-9-14)10-19(11-17)16(22)12-4-3-5-13(20)6-12/h3-6,14,20H,7-11H2,1-2H3. The molecule has 1 spiro atoms. The van der Waals surface area contributed by atoms with Gasteiger partial charge in [-0.2, -0.15) is 0 Å². The van der Waals surface area contributed by atoms with Gasteiger partial charge in [0.2, 0.25) is 5.91 Å². The van der Waals surface area contributed by atoms with Crippen molar-refractivity contribution in [2.24, 2.45) is 0 Å². The first-order chi connectivity index (χ1) is 11.4. The first-order valence-electron chi connectivity index (χ1n) is 7.93. The maximum absolute atomic E-state index is 12.4. The Morgan fingerprint density at radius 2 is 2.17 bits per heavy atom. The smallest absolute Gasteiger partial charge is 0.254 e. The molecule has 2 aliphatic heterocycles. The van der Waals surface area contributed by atoms with Crippen molar-refractivity contribution in [3.63, 3.8) is 0 Å². The van der Waals surface area contributed by atoms with Crippen LogP contribution in [-0.2, 0) is 9.53 Å². The van der Waals surface area contributed by atoms with Crippen molar-refractivity contribution in [3.05, 3.63) is 29.8 Å². The minimum Gasteiger partial charge on any atom is -0.508 e. The molecule has 0 aromatic heterocycles. The predicted molar refractivity (Wildman–Crippen MR) is 92.3 cm³/mol. The van der Waals surface area contributed by atoms with Gasteiger partial charge < -0.3 is 19.6 Å². The number of hydrogen-bond acceptors (Lipinski definition) is 5. The summed E-state index contributed by atoms with van der Waals surface area (Å²) in [7, 11) is 3.43. The quantitative estimate of drug-likeness (QED) is 0.884. The van der Waals surface area contributed by atoms with Gasteiger partial charge in [-0.25, -0.2) is 0 Å². The van der Waals surface area contributed by atoms with Gasteiger partial charge in [0.05, 0.1) is 10.9 Å². The molecule has 0 aliphatic carbocycles. The molecule has 2 fully saturated rings. The Bertz CT molecular complexity index is 643. The third-order valence-corrected chi connectivity index (χ3v) is 6.03. The predicted octanol–water partition coefficient (Wildman–Crippen LogP) is 1.20. The summed E-state index contributed by atoms with van der Waals surface area (Å²) in [5, 5.41) is 9.49. The maximum Gasteiger partial charge on any atom is 0.254 e. The minimum absolute atomic E-state index is 0.0322. The summed E-state index contributed by atoms with van der Waals surface area (Å²) in [6.07, 6.45) is 0.930. The van der Waals surface area contributed by atoms with Crippen LogP contribution in [0.2, 0.25) is 0 Å². The van der Waals surface area contributed by atoms with Crippen LogP contribution in [0.4, 0.5) is 0 Å². The zero-order valence-electron chi connectivity index (χ0n) is 13.9. The van der Waals surface area contributed by atoms with E-state index in [1.807, 2.05) is 11.8 Å². The second-order valence-corrected chi connectivity index (χ2v) is 8.12. The van der Waals surface area contributed by atoms with E-state index in [9.17, 15) is 14.7 Å². The number of ether oxygens (including phenoxy) is 1. The molecule has 2 amide bonds. The van der Waals surface area contributed by atoms with E-state index in [0.717, 1.165) is 12.2 Å². The number of carbonyl (C=O) groups excluding carboxylic acids is 2. The number of thioether (sulfide) groups is 1. The zero-order chi connectivity index (χ0) is 17.3. The van der Waals surface area contributed by atoms with Crippen molar-refractivity contribution in [1.82, 2.24) is 9.80 Å². The molecule has 0 saturated carbocycles. The van der Waals surface area contributed by atoms with Gasteiger partial charge in [0, 0.05) is 38.5 Å². The summed E-state index contributed by atoms with van der Waals surface area (Å²) >= 11 is 1.83. The first-order valence-corrected chi connectivity index (χ1v) is 8.91. The third kappa shape index (κ3) is 3.52. The van der Waals surface area contributed by atoms with Crippen molar-refractivity contribution in [2.75, 3.05) is 39.5 Å². The van der Waals surface area contributed by atoms with Gasteiger partial charge in [0.1, 0.15) is 12.4 Å². The van der Waals surface area contributed by atoms with Crippen LogP contribution in [0, 0.1) is 0 Å². The van der Waals surface area contributed by atoms with Crippen molar-refractivity contribution in [1.29, 1.82) is 0 Å². The average Bonchev–Trinajstić information content (AvgIpc) is 2.95. The molecule has 6 nitrogen and oxygen atoms in total. The van der Waals surface area contributed by atoms with Crippen LogP contribution >= 0.6 is 11.8 Å². The van der Waals surface area contributed by atoms with E-state index in [2.05, 4.69) is 0 Å². The first kappa shape index (κ1) is 17.1. The number of carbonyl (C=O) groups is 2. The van der Waals surface area contributed by atoms with Gasteiger partial charge >= 0.3 is 0 Å². The monoisotopic (exact) mass is 350 g/mol. The maximum atomic E-state index is 12.4. The fraction of sp³-hybridized carbons (Fsp3) is 0.529. The van der Waals surface area contributed by atoms with E-state index >= 15 is 0 Å². The Labute approximate surface area is 145 Å². The molecule has 1 aromatic rings. The summed E-state index contributed by atoms with van der Waals surface area (Å²) in [5.41, 5.74) is 0.511. The van der Waals surface area contributed by atoms with Crippen molar-refractivity contribution >= 4 is 23.6 Å². The lowest BCUT2D eigenvalue weighted by Crippen LogP contribution is -2.60. The number of aromatic hydroxyl groups is 1. The Balaban J connectivity index is 1.49. The summed E-state index contributed by atoms with van der Waals surface area (Å²) in [5.74, 6) is 0.874. The molecule has 0 bridgehead atoms. The van der Waals surface area contributed by atoms with Gasteiger partial charge in [0.15, 0.2) is 0 Å². The van der Waals surface area contributed by atoms with Crippen molar-refractivity contribution < 1.29 is 19.4 Å². The summed E-state index contributed by atoms with van der Waals surface area (Å²) in [6.45, 7) is 1.49. The van der Waals surface area contributed by atoms with E-state index in [4.69, 9.17) is 4.74 Å². The minimum atomic E-state index is -0.0516. The molecule has 2 aliphatic rings. The molecule has 130 valence electrons. The van der Waals surface area contributed by atoms with Crippen molar-refractivity contribution in [3.8, 4) is 5.75 Å². The second kappa shape index (κ2) is 6.64. The van der Waals surface area contributed by atoms with Crippen LogP contribution in [0.5, 0.6) is 5.75 Å². The number of nitrogens with zero attached hydrogens (tertiary/aromatic N) is 2. The number of phenols is 1. The second-order valence-electron chi connectivity index (χ2n) is 6.63. The van der Waals surface area contributed by atoms with Gasteiger partial charge in [-0.05, 0) is 24.6 Å². The van der Waals surface area contributed by atoms with E-state index in [1.165, 1.54) is 11.0 Å². The molecule has 1 atom stereocenters. The van der Waals surface area contributed by atoms with Gasteiger partial charge in [0.25, 0.3) is 5.91 Å². The fourth-order valence-electron chi connectivity index (χ4n) is 3.06. The molecule has 1 aromatic carbocycles. The molecule has 1 N–H and O–H groups in total. The highest BCUT2D eigenvalue weighted by atomic mass is 32.2. The molecule has 24 heavy (non-hydrogen) atoms. The highest BCUT2D eigenvalue weighted by Crippen LogP contribution is 2.46. The highest BCUT2D eigenvalue weighted by molar-refractivity contribution is 8.01. The SMILES string of the molecule is CN(C)C(=O)COC1CSC2(C1)CN(C(=O)c1cccc(O)c1)C2. The Morgan fingerprint density at radius 3 is 2.83 bits per heavy atom. The largest absolute Gasteiger partial charge is 0.508 e. The highest BCUT2D eigenvalue weighted by Gasteiger charge is 2.51. The molecule has 1 unspecified atom stereocenters. The van der Waals surface area contributed by atoms with E-state index < -0.39 is 0 Å². The van der Waals surface area contributed by atoms with Gasteiger partial charge in [-0.3, -0.25) is 9.59 Å². The lowest BCUT2D eigenvalue weighted by atomic mass is 9.92. The van der Waals surface area contributed by atoms with E-state index in [1.54, 1.807) is 37.2 Å². The summed E-state index contributed by atoms with van der Waals surface area (Å²) in [6, 6.07) is 6.44. The molecular formula is C17H22N2O4S. The third-order valence-electron chi connectivity index (χ3n) is 4.45. The summed E-state index contributed by atoms with van der Waals surface area (Å²) < 4.78 is 5.76. The van der Waals surface area contributed by atoms with Gasteiger partial charge in [-0.15, -0.1) is 11.8 Å².